The molecule has 3 nitrogen and oxygen atoms in total. The summed E-state index contributed by atoms with van der Waals surface area (Å²) in [6, 6.07) is 0.0974. The van der Waals surface area contributed by atoms with Crippen LogP contribution in [0.4, 0.5) is 0 Å². The van der Waals surface area contributed by atoms with Gasteiger partial charge in [0.05, 0.1) is 6.61 Å². The van der Waals surface area contributed by atoms with E-state index >= 15 is 0 Å². The number of nitrogens with two attached hydrogens (primary N) is 1. The average molecular weight is 268 g/mol. The van der Waals surface area contributed by atoms with Gasteiger partial charge in [0.1, 0.15) is 0 Å². The second-order valence-electron chi connectivity index (χ2n) is 8.02. The van der Waals surface area contributed by atoms with Crippen molar-refractivity contribution in [3.63, 3.8) is 0 Å². The molecule has 0 heterocycles. The number of likely N-dealkylation sites (N-methyl/N-ethyl adjacent to an activating group) is 1. The molecule has 0 aromatic rings. The molecule has 3 N–H and O–H groups in total. The van der Waals surface area contributed by atoms with Gasteiger partial charge in [0, 0.05) is 18.6 Å². The van der Waals surface area contributed by atoms with Crippen molar-refractivity contribution in [1.29, 1.82) is 0 Å². The van der Waals surface area contributed by atoms with E-state index < -0.39 is 0 Å². The van der Waals surface area contributed by atoms with Crippen molar-refractivity contribution in [2.24, 2.45) is 28.9 Å². The van der Waals surface area contributed by atoms with Crippen molar-refractivity contribution in [3.05, 3.63) is 0 Å². The van der Waals surface area contributed by atoms with Crippen LogP contribution in [0.1, 0.15) is 46.5 Å². The summed E-state index contributed by atoms with van der Waals surface area (Å²) in [6.07, 6.45) is 5.74. The Kier molecular flexibility index (Phi) is 4.59. The highest BCUT2D eigenvalue weighted by molar-refractivity contribution is 4.94. The third kappa shape index (κ3) is 3.32. The molecule has 0 aromatic carbocycles. The minimum absolute atomic E-state index is 0.0149. The molecule has 0 radical (unpaired) electrons. The van der Waals surface area contributed by atoms with Crippen LogP contribution in [0.2, 0.25) is 0 Å². The van der Waals surface area contributed by atoms with Crippen LogP contribution in [0.5, 0.6) is 0 Å². The van der Waals surface area contributed by atoms with Crippen molar-refractivity contribution in [2.45, 2.75) is 58.5 Å². The van der Waals surface area contributed by atoms with Crippen molar-refractivity contribution >= 4 is 0 Å². The lowest BCUT2D eigenvalue weighted by atomic mass is 9.82. The van der Waals surface area contributed by atoms with Crippen LogP contribution in [0.25, 0.3) is 0 Å². The van der Waals surface area contributed by atoms with Gasteiger partial charge in [-0.3, -0.25) is 4.90 Å². The van der Waals surface area contributed by atoms with Crippen LogP contribution in [0, 0.1) is 23.2 Å². The summed E-state index contributed by atoms with van der Waals surface area (Å²) in [4.78, 5) is 2.32. The van der Waals surface area contributed by atoms with Crippen molar-refractivity contribution in [1.82, 2.24) is 4.90 Å². The Morgan fingerprint density at radius 3 is 2.37 bits per heavy atom. The molecule has 0 spiro atoms. The van der Waals surface area contributed by atoms with E-state index in [4.69, 9.17) is 5.73 Å². The zero-order valence-electron chi connectivity index (χ0n) is 13.1. The van der Waals surface area contributed by atoms with Gasteiger partial charge < -0.3 is 10.8 Å². The zero-order chi connectivity index (χ0) is 14.2. The van der Waals surface area contributed by atoms with Crippen molar-refractivity contribution < 1.29 is 5.11 Å². The van der Waals surface area contributed by atoms with Crippen LogP contribution in [0.15, 0.2) is 0 Å². The minimum atomic E-state index is 0.0149. The highest BCUT2D eigenvalue weighted by atomic mass is 16.3. The Morgan fingerprint density at radius 1 is 1.26 bits per heavy atom. The number of hydrogen-bond donors (Lipinski definition) is 2. The molecule has 2 aliphatic rings. The van der Waals surface area contributed by atoms with Crippen molar-refractivity contribution in [2.75, 3.05) is 20.2 Å². The first kappa shape index (κ1) is 15.3. The molecule has 5 atom stereocenters. The largest absolute Gasteiger partial charge is 0.395 e. The molecule has 112 valence electrons. The molecule has 2 aliphatic carbocycles. The van der Waals surface area contributed by atoms with Crippen LogP contribution in [0.3, 0.4) is 0 Å². The number of nitrogens with zero attached hydrogens (tertiary/aromatic N) is 1. The molecule has 0 aromatic heterocycles. The molecule has 0 amide bonds. The highest BCUT2D eigenvalue weighted by Gasteiger charge is 2.41. The average Bonchev–Trinajstić information content (AvgIpc) is 2.90. The molecule has 2 fully saturated rings. The van der Waals surface area contributed by atoms with Gasteiger partial charge in [0.2, 0.25) is 0 Å². The Morgan fingerprint density at radius 2 is 1.95 bits per heavy atom. The van der Waals surface area contributed by atoms with Gasteiger partial charge in [-0.1, -0.05) is 27.2 Å². The summed E-state index contributed by atoms with van der Waals surface area (Å²) in [6.45, 7) is 7.75. The third-order valence-corrected chi connectivity index (χ3v) is 5.57. The summed E-state index contributed by atoms with van der Waals surface area (Å²) in [7, 11) is 2.14. The molecule has 2 rings (SSSR count). The van der Waals surface area contributed by atoms with E-state index in [-0.39, 0.29) is 24.1 Å². The summed E-state index contributed by atoms with van der Waals surface area (Å²) in [5.74, 6) is 2.77. The summed E-state index contributed by atoms with van der Waals surface area (Å²) in [5.41, 5.74) is 6.39. The lowest BCUT2D eigenvalue weighted by Crippen LogP contribution is -2.55. The number of aliphatic hydroxyl groups excluding tert-OH is 1. The fraction of sp³-hybridized carbons (Fsp3) is 1.00. The lowest BCUT2D eigenvalue weighted by molar-refractivity contribution is 0.0705. The normalized spacial score (nSPS) is 33.9. The first-order valence-corrected chi connectivity index (χ1v) is 7.89. The molecular formula is C16H32N2O. The van der Waals surface area contributed by atoms with Crippen LogP contribution in [-0.4, -0.2) is 42.3 Å². The molecule has 19 heavy (non-hydrogen) atoms. The fourth-order valence-corrected chi connectivity index (χ4v) is 4.21. The van der Waals surface area contributed by atoms with E-state index in [9.17, 15) is 5.11 Å². The van der Waals surface area contributed by atoms with Gasteiger partial charge in [0.25, 0.3) is 0 Å². The molecular weight excluding hydrogens is 236 g/mol. The predicted molar refractivity (Wildman–Crippen MR) is 79.9 cm³/mol. The van der Waals surface area contributed by atoms with E-state index in [1.807, 2.05) is 0 Å². The maximum Gasteiger partial charge on any atom is 0.0602 e. The maximum absolute atomic E-state index is 9.71. The molecule has 0 saturated heterocycles. The smallest absolute Gasteiger partial charge is 0.0602 e. The first-order valence-electron chi connectivity index (χ1n) is 7.89. The van der Waals surface area contributed by atoms with Gasteiger partial charge in [0.15, 0.2) is 0 Å². The zero-order valence-corrected chi connectivity index (χ0v) is 13.1. The quantitative estimate of drug-likeness (QED) is 0.803. The summed E-state index contributed by atoms with van der Waals surface area (Å²) >= 11 is 0. The van der Waals surface area contributed by atoms with Gasteiger partial charge in [-0.25, -0.2) is 0 Å². The molecule has 5 unspecified atom stereocenters. The predicted octanol–water partition coefficient (Wildman–Crippen LogP) is 2.09. The molecule has 0 aliphatic heterocycles. The first-order chi connectivity index (χ1) is 8.82. The van der Waals surface area contributed by atoms with E-state index in [1.54, 1.807) is 0 Å². The Bertz CT molecular complexity index is 300. The van der Waals surface area contributed by atoms with Crippen LogP contribution in [-0.2, 0) is 0 Å². The van der Waals surface area contributed by atoms with Crippen LogP contribution >= 0.6 is 0 Å². The minimum Gasteiger partial charge on any atom is -0.395 e. The molecule has 2 bridgehead atoms. The molecule has 3 heteroatoms. The molecule has 2 saturated carbocycles. The van der Waals surface area contributed by atoms with Crippen molar-refractivity contribution in [3.8, 4) is 0 Å². The van der Waals surface area contributed by atoms with E-state index in [0.717, 1.165) is 24.3 Å². The topological polar surface area (TPSA) is 49.5 Å². The Balaban J connectivity index is 1.92. The summed E-state index contributed by atoms with van der Waals surface area (Å²) in [5, 5.41) is 9.71. The second-order valence-corrected chi connectivity index (χ2v) is 8.02. The van der Waals surface area contributed by atoms with E-state index in [2.05, 4.69) is 32.7 Å². The monoisotopic (exact) mass is 268 g/mol. The Hall–Kier alpha value is -0.120. The van der Waals surface area contributed by atoms with Gasteiger partial charge in [-0.15, -0.1) is 0 Å². The number of hydrogen-bond acceptors (Lipinski definition) is 3. The summed E-state index contributed by atoms with van der Waals surface area (Å²) < 4.78 is 0. The van der Waals surface area contributed by atoms with Gasteiger partial charge >= 0.3 is 0 Å². The SMILES string of the molecule is CN(CC1CC2CCC1C2)C(CO)C(N)C(C)(C)C. The number of aliphatic hydroxyl groups is 1. The maximum atomic E-state index is 9.71. The lowest BCUT2D eigenvalue weighted by Gasteiger charge is -2.40. The standard InChI is InChI=1S/C16H32N2O/c1-16(2,3)15(17)14(10-19)18(4)9-13-8-11-5-6-12(13)7-11/h11-15,19H,5-10,17H2,1-4H3. The Labute approximate surface area is 118 Å². The van der Waals surface area contributed by atoms with Gasteiger partial charge in [-0.05, 0) is 49.5 Å². The van der Waals surface area contributed by atoms with E-state index in [0.29, 0.717) is 0 Å². The fourth-order valence-electron chi connectivity index (χ4n) is 4.21. The number of rotatable bonds is 5. The highest BCUT2D eigenvalue weighted by Crippen LogP contribution is 2.48. The number of fused-ring (bicyclic) bond motifs is 2. The third-order valence-electron chi connectivity index (χ3n) is 5.57. The van der Waals surface area contributed by atoms with Crippen LogP contribution < -0.4 is 5.73 Å². The van der Waals surface area contributed by atoms with Gasteiger partial charge in [-0.2, -0.15) is 0 Å². The van der Waals surface area contributed by atoms with E-state index in [1.165, 1.54) is 25.7 Å². The second kappa shape index (κ2) is 5.71.